The molecule has 0 aromatic carbocycles. The van der Waals surface area contributed by atoms with E-state index in [1.165, 1.54) is 0 Å². The zero-order chi connectivity index (χ0) is 14.8. The summed E-state index contributed by atoms with van der Waals surface area (Å²) in [4.78, 5) is 16.4. The van der Waals surface area contributed by atoms with Crippen molar-refractivity contribution < 1.29 is 9.90 Å². The van der Waals surface area contributed by atoms with Gasteiger partial charge in [-0.1, -0.05) is 20.8 Å². The van der Waals surface area contributed by atoms with Crippen molar-refractivity contribution in [1.82, 2.24) is 15.6 Å². The molecule has 1 aliphatic heterocycles. The summed E-state index contributed by atoms with van der Waals surface area (Å²) in [6, 6.07) is -0.258. The molecule has 0 spiro atoms. The molecular formula is C14H23N3O2S. The van der Waals surface area contributed by atoms with Crippen molar-refractivity contribution in [2.45, 2.75) is 51.2 Å². The van der Waals surface area contributed by atoms with Gasteiger partial charge in [0.25, 0.3) is 0 Å². The fourth-order valence-corrected chi connectivity index (χ4v) is 3.13. The first-order chi connectivity index (χ1) is 9.36. The van der Waals surface area contributed by atoms with E-state index in [-0.39, 0.29) is 17.4 Å². The molecule has 6 heteroatoms. The molecule has 0 radical (unpaired) electrons. The van der Waals surface area contributed by atoms with Gasteiger partial charge in [0.15, 0.2) is 0 Å². The number of rotatable bonds is 4. The lowest BCUT2D eigenvalue weighted by Crippen LogP contribution is -2.41. The lowest BCUT2D eigenvalue weighted by molar-refractivity contribution is -0.122. The maximum Gasteiger partial charge on any atom is 0.237 e. The van der Waals surface area contributed by atoms with Crippen LogP contribution in [-0.4, -0.2) is 41.2 Å². The van der Waals surface area contributed by atoms with Crippen molar-refractivity contribution in [3.8, 4) is 0 Å². The molecule has 1 saturated heterocycles. The molecule has 2 heterocycles. The minimum absolute atomic E-state index is 0.0332. The minimum Gasteiger partial charge on any atom is -0.392 e. The van der Waals surface area contributed by atoms with Crippen molar-refractivity contribution in [2.24, 2.45) is 0 Å². The fraction of sp³-hybridized carbons (Fsp3) is 0.714. The van der Waals surface area contributed by atoms with Gasteiger partial charge in [-0.2, -0.15) is 0 Å². The topological polar surface area (TPSA) is 74.2 Å². The van der Waals surface area contributed by atoms with Crippen LogP contribution >= 0.6 is 11.3 Å². The standard InChI is InChI=1S/C14H23N3O2S/c1-14(2,3)11-8-20-12(17-11)4-5-15-13(19)10-6-9(18)7-16-10/h8-10,16,18H,4-7H2,1-3H3,(H,15,19). The second-order valence-electron chi connectivity index (χ2n) is 6.27. The molecule has 0 bridgehead atoms. The molecule has 1 aromatic heterocycles. The van der Waals surface area contributed by atoms with Crippen LogP contribution in [0.3, 0.4) is 0 Å². The lowest BCUT2D eigenvalue weighted by Gasteiger charge is -2.14. The van der Waals surface area contributed by atoms with Crippen LogP contribution in [-0.2, 0) is 16.6 Å². The van der Waals surface area contributed by atoms with Crippen molar-refractivity contribution >= 4 is 17.2 Å². The van der Waals surface area contributed by atoms with E-state index in [0.717, 1.165) is 17.1 Å². The van der Waals surface area contributed by atoms with E-state index < -0.39 is 6.10 Å². The van der Waals surface area contributed by atoms with E-state index in [9.17, 15) is 9.90 Å². The largest absolute Gasteiger partial charge is 0.392 e. The number of β-amino-alcohol motifs (C(OH)–C–C–N with tert-alkyl or cyclic N) is 1. The highest BCUT2D eigenvalue weighted by Crippen LogP contribution is 2.23. The highest BCUT2D eigenvalue weighted by Gasteiger charge is 2.27. The molecule has 5 nitrogen and oxygen atoms in total. The third kappa shape index (κ3) is 4.01. The molecule has 112 valence electrons. The summed E-state index contributed by atoms with van der Waals surface area (Å²) in [5.41, 5.74) is 1.17. The summed E-state index contributed by atoms with van der Waals surface area (Å²) in [7, 11) is 0. The summed E-state index contributed by atoms with van der Waals surface area (Å²) in [6.07, 6.45) is 0.845. The summed E-state index contributed by atoms with van der Waals surface area (Å²) < 4.78 is 0. The van der Waals surface area contributed by atoms with Gasteiger partial charge in [-0.15, -0.1) is 11.3 Å². The third-order valence-corrected chi connectivity index (χ3v) is 4.29. The second-order valence-corrected chi connectivity index (χ2v) is 7.21. The summed E-state index contributed by atoms with van der Waals surface area (Å²) in [5, 5.41) is 18.4. The number of carbonyl (C=O) groups is 1. The van der Waals surface area contributed by atoms with Crippen LogP contribution in [0.15, 0.2) is 5.38 Å². The van der Waals surface area contributed by atoms with E-state index in [1.54, 1.807) is 11.3 Å². The Balaban J connectivity index is 1.76. The number of nitrogens with one attached hydrogen (secondary N) is 2. The molecule has 0 saturated carbocycles. The monoisotopic (exact) mass is 297 g/mol. The van der Waals surface area contributed by atoms with Crippen LogP contribution in [0.4, 0.5) is 0 Å². The lowest BCUT2D eigenvalue weighted by atomic mass is 9.93. The predicted molar refractivity (Wildman–Crippen MR) is 79.9 cm³/mol. The fourth-order valence-electron chi connectivity index (χ4n) is 2.10. The van der Waals surface area contributed by atoms with Crippen LogP contribution in [0.2, 0.25) is 0 Å². The highest BCUT2D eigenvalue weighted by atomic mass is 32.1. The van der Waals surface area contributed by atoms with Crippen LogP contribution in [0.5, 0.6) is 0 Å². The first-order valence-electron chi connectivity index (χ1n) is 7.00. The van der Waals surface area contributed by atoms with Crippen LogP contribution in [0, 0.1) is 0 Å². The second kappa shape index (κ2) is 6.20. The maximum atomic E-state index is 11.8. The molecule has 2 atom stereocenters. The number of thiazole rings is 1. The van der Waals surface area contributed by atoms with Crippen LogP contribution in [0.25, 0.3) is 0 Å². The highest BCUT2D eigenvalue weighted by molar-refractivity contribution is 7.09. The van der Waals surface area contributed by atoms with E-state index in [4.69, 9.17) is 0 Å². The number of hydrogen-bond donors (Lipinski definition) is 3. The number of nitrogens with zero attached hydrogens (tertiary/aromatic N) is 1. The van der Waals surface area contributed by atoms with Crippen molar-refractivity contribution in [1.29, 1.82) is 0 Å². The Bertz CT molecular complexity index is 467. The molecule has 2 rings (SSSR count). The molecule has 0 aliphatic carbocycles. The molecule has 2 unspecified atom stereocenters. The normalized spacial score (nSPS) is 23.0. The van der Waals surface area contributed by atoms with E-state index in [1.807, 2.05) is 0 Å². The van der Waals surface area contributed by atoms with E-state index >= 15 is 0 Å². The van der Waals surface area contributed by atoms with E-state index in [2.05, 4.69) is 41.8 Å². The minimum atomic E-state index is -0.404. The van der Waals surface area contributed by atoms with Crippen LogP contribution < -0.4 is 10.6 Å². The molecule has 1 aliphatic rings. The Morgan fingerprint density at radius 2 is 2.35 bits per heavy atom. The van der Waals surface area contributed by atoms with Crippen molar-refractivity contribution in [3.05, 3.63) is 16.1 Å². The van der Waals surface area contributed by atoms with Crippen LogP contribution in [0.1, 0.15) is 37.9 Å². The third-order valence-electron chi connectivity index (χ3n) is 3.38. The Morgan fingerprint density at radius 3 is 2.90 bits per heavy atom. The Labute approximate surface area is 123 Å². The van der Waals surface area contributed by atoms with Gasteiger partial charge >= 0.3 is 0 Å². The number of aliphatic hydroxyl groups is 1. The SMILES string of the molecule is CC(C)(C)c1csc(CCNC(=O)C2CC(O)CN2)n1. The number of amides is 1. The van der Waals surface area contributed by atoms with E-state index in [0.29, 0.717) is 19.5 Å². The molecule has 1 aromatic rings. The number of hydrogen-bond acceptors (Lipinski definition) is 5. The summed E-state index contributed by atoms with van der Waals surface area (Å²) >= 11 is 1.64. The molecular weight excluding hydrogens is 274 g/mol. The summed E-state index contributed by atoms with van der Waals surface area (Å²) in [5.74, 6) is -0.0332. The Kier molecular flexibility index (Phi) is 4.78. The molecule has 3 N–H and O–H groups in total. The summed E-state index contributed by atoms with van der Waals surface area (Å²) in [6.45, 7) is 7.52. The first kappa shape index (κ1) is 15.4. The van der Waals surface area contributed by atoms with Gasteiger partial charge in [0.05, 0.1) is 22.8 Å². The number of carbonyl (C=O) groups excluding carboxylic acids is 1. The quantitative estimate of drug-likeness (QED) is 0.769. The Morgan fingerprint density at radius 1 is 1.60 bits per heavy atom. The zero-order valence-corrected chi connectivity index (χ0v) is 13.1. The van der Waals surface area contributed by atoms with Gasteiger partial charge in [-0.3, -0.25) is 4.79 Å². The van der Waals surface area contributed by atoms with Gasteiger partial charge in [0.1, 0.15) is 0 Å². The molecule has 20 heavy (non-hydrogen) atoms. The Hall–Kier alpha value is -0.980. The van der Waals surface area contributed by atoms with Crippen molar-refractivity contribution in [2.75, 3.05) is 13.1 Å². The predicted octanol–water partition coefficient (Wildman–Crippen LogP) is 0.822. The van der Waals surface area contributed by atoms with Gasteiger partial charge in [-0.05, 0) is 6.42 Å². The molecule has 1 amide bonds. The number of aromatic nitrogens is 1. The van der Waals surface area contributed by atoms with Gasteiger partial charge in [-0.25, -0.2) is 4.98 Å². The smallest absolute Gasteiger partial charge is 0.237 e. The average molecular weight is 297 g/mol. The van der Waals surface area contributed by atoms with Gasteiger partial charge in [0, 0.05) is 30.3 Å². The maximum absolute atomic E-state index is 11.8. The average Bonchev–Trinajstić information content (AvgIpc) is 2.97. The van der Waals surface area contributed by atoms with Gasteiger partial charge in [0.2, 0.25) is 5.91 Å². The zero-order valence-electron chi connectivity index (χ0n) is 12.3. The number of aliphatic hydroxyl groups excluding tert-OH is 1. The molecule has 1 fully saturated rings. The van der Waals surface area contributed by atoms with Gasteiger partial charge < -0.3 is 15.7 Å². The first-order valence-corrected chi connectivity index (χ1v) is 7.88. The van der Waals surface area contributed by atoms with Crippen molar-refractivity contribution in [3.63, 3.8) is 0 Å².